The molecule has 63 heavy (non-hydrogen) atoms. The van der Waals surface area contributed by atoms with E-state index in [2.05, 4.69) is 15.3 Å². The minimum Gasteiger partial charge on any atom is -0.507 e. The summed E-state index contributed by atoms with van der Waals surface area (Å²) in [6, 6.07) is 0.553. The van der Waals surface area contributed by atoms with Crippen LogP contribution in [0.3, 0.4) is 0 Å². The molecule has 344 valence electrons. The summed E-state index contributed by atoms with van der Waals surface area (Å²) >= 11 is 0. The molecule has 0 radical (unpaired) electrons. The molecule has 5 aliphatic rings. The van der Waals surface area contributed by atoms with Crippen molar-refractivity contribution in [3.63, 3.8) is 0 Å². The van der Waals surface area contributed by atoms with E-state index in [1.165, 1.54) is 85.1 Å². The smallest absolute Gasteiger partial charge is 0.312 e. The van der Waals surface area contributed by atoms with Crippen LogP contribution in [0.5, 0.6) is 23.0 Å². The van der Waals surface area contributed by atoms with Gasteiger partial charge < -0.3 is 49.8 Å². The fourth-order valence-electron chi connectivity index (χ4n) is 9.47. The predicted molar refractivity (Wildman–Crippen MR) is 237 cm³/mol. The van der Waals surface area contributed by atoms with Crippen molar-refractivity contribution in [3.05, 3.63) is 52.8 Å². The summed E-state index contributed by atoms with van der Waals surface area (Å²) < 4.78 is 23.7. The first-order valence-corrected chi connectivity index (χ1v) is 21.9. The number of aliphatic hydroxyl groups is 2. The second-order valence-electron chi connectivity index (χ2n) is 17.8. The summed E-state index contributed by atoms with van der Waals surface area (Å²) in [4.78, 5) is 43.2. The van der Waals surface area contributed by atoms with Crippen LogP contribution in [0.15, 0.2) is 41.2 Å². The maximum Gasteiger partial charge on any atom is 0.312 e. The monoisotopic (exact) mass is 876 g/mol. The van der Waals surface area contributed by atoms with E-state index in [0.717, 1.165) is 13.1 Å². The SMILES string of the molecule is CO[C@@H]1/C=C\O[C@@]2(C)Oc3c(C)c(O)c4c(O)c(c(C=NN5CCN(C6CCCC6)CC5)c(O)c4c3C2=O)NC(=O)/C(C)=C\C=C/[C@H](C)[C@H](O)[C@H](C)[C@H](O)[C@H](C)[C@H](OC(C)=O)[C@H]1C. The van der Waals surface area contributed by atoms with Crippen molar-refractivity contribution >= 4 is 40.3 Å². The Labute approximate surface area is 368 Å². The summed E-state index contributed by atoms with van der Waals surface area (Å²) in [5, 5.41) is 67.6. The highest BCUT2D eigenvalue weighted by Crippen LogP contribution is 2.55. The number of allylic oxidation sites excluding steroid dienone is 2. The minimum atomic E-state index is -2.04. The zero-order chi connectivity index (χ0) is 46.1. The van der Waals surface area contributed by atoms with Crippen LogP contribution in [0.25, 0.3) is 10.8 Å². The lowest BCUT2D eigenvalue weighted by Gasteiger charge is -2.38. The summed E-state index contributed by atoms with van der Waals surface area (Å²) in [6.07, 6.45) is 9.75. The van der Waals surface area contributed by atoms with Crippen LogP contribution in [0.1, 0.15) is 95.6 Å². The van der Waals surface area contributed by atoms with Gasteiger partial charge in [0.1, 0.15) is 23.4 Å². The molecule has 9 atom stereocenters. The summed E-state index contributed by atoms with van der Waals surface area (Å²) in [5.41, 5.74) is -0.293. The number of ether oxygens (including phenoxy) is 4. The van der Waals surface area contributed by atoms with Crippen molar-refractivity contribution in [2.75, 3.05) is 38.6 Å². The van der Waals surface area contributed by atoms with Crippen molar-refractivity contribution in [1.82, 2.24) is 9.91 Å². The lowest BCUT2D eigenvalue weighted by atomic mass is 9.78. The number of nitrogens with zero attached hydrogens (tertiary/aromatic N) is 3. The van der Waals surface area contributed by atoms with E-state index in [4.69, 9.17) is 18.9 Å². The van der Waals surface area contributed by atoms with Crippen LogP contribution in [-0.4, -0.2) is 129 Å². The van der Waals surface area contributed by atoms with Crippen molar-refractivity contribution in [1.29, 1.82) is 0 Å². The fraction of sp³-hybridized carbons (Fsp3) is 0.574. The third kappa shape index (κ3) is 9.40. The number of phenols is 3. The van der Waals surface area contributed by atoms with Crippen molar-refractivity contribution in [3.8, 4) is 23.0 Å². The number of hydrogen-bond donors (Lipinski definition) is 6. The number of nitrogens with one attached hydrogen (secondary N) is 1. The number of benzene rings is 2. The number of esters is 1. The molecule has 4 heterocycles. The third-order valence-electron chi connectivity index (χ3n) is 13.5. The van der Waals surface area contributed by atoms with E-state index < -0.39 is 88.8 Å². The number of carbonyl (C=O) groups is 3. The number of piperazine rings is 1. The first kappa shape index (κ1) is 47.3. The second-order valence-corrected chi connectivity index (χ2v) is 17.8. The molecule has 0 unspecified atom stereocenters. The number of ketones is 1. The number of aliphatic hydroxyl groups excluding tert-OH is 2. The van der Waals surface area contributed by atoms with Crippen LogP contribution in [0.4, 0.5) is 5.69 Å². The zero-order valence-electron chi connectivity index (χ0n) is 37.8. The Hall–Kier alpha value is -5.16. The van der Waals surface area contributed by atoms with E-state index in [1.807, 2.05) is 5.01 Å². The Morgan fingerprint density at radius 3 is 2.22 bits per heavy atom. The number of anilines is 1. The van der Waals surface area contributed by atoms with E-state index in [1.54, 1.807) is 39.8 Å². The summed E-state index contributed by atoms with van der Waals surface area (Å²) in [7, 11) is 1.44. The van der Waals surface area contributed by atoms with Gasteiger partial charge in [0, 0.05) is 93.4 Å². The van der Waals surface area contributed by atoms with Gasteiger partial charge in [-0.2, -0.15) is 5.10 Å². The van der Waals surface area contributed by atoms with Gasteiger partial charge in [0.25, 0.3) is 11.7 Å². The van der Waals surface area contributed by atoms with Crippen molar-refractivity contribution in [2.45, 2.75) is 117 Å². The average molecular weight is 877 g/mol. The molecule has 1 amide bonds. The van der Waals surface area contributed by atoms with Gasteiger partial charge in [-0.1, -0.05) is 58.8 Å². The molecular weight excluding hydrogens is 813 g/mol. The zero-order valence-corrected chi connectivity index (χ0v) is 37.8. The maximum atomic E-state index is 14.5. The Kier molecular flexibility index (Phi) is 14.5. The normalized spacial score (nSPS) is 32.4. The highest BCUT2D eigenvalue weighted by molar-refractivity contribution is 6.23. The Morgan fingerprint density at radius 2 is 1.59 bits per heavy atom. The molecule has 5 bridgehead atoms. The number of Topliss-reactive ketones (excluding diaryl/α,β-unsaturated/α-hetero) is 1. The van der Waals surface area contributed by atoms with Crippen LogP contribution >= 0.6 is 0 Å². The standard InChI is InChI=1S/C47H64N4O12/c1-24-13-12-14-25(2)46(59)49-37-32(23-48-51-20-18-50(19-21-51)31-15-10-11-16-31)41(56)34-35(42(37)57)40(55)29(6)44-36(34)45(58)47(8,63-44)61-22-17-33(60-9)26(3)43(62-30(7)52)28(5)39(54)27(4)38(24)53/h12-14,17,22-24,26-28,31,33,38-39,43,53-57H,10-11,15-16,18-21H2,1-9H3,(H,49,59)/b13-12-,22-17-,25-14-,48-23?/t24-,26-,27-,28-,33+,38-,39-,43+,47-/m0/s1. The number of aromatic hydroxyl groups is 3. The number of rotatable bonds is 5. The van der Waals surface area contributed by atoms with Crippen LogP contribution in [-0.2, 0) is 23.8 Å². The molecule has 6 N–H and O–H groups in total. The van der Waals surface area contributed by atoms with Gasteiger partial charge in [0.15, 0.2) is 5.75 Å². The Balaban J connectivity index is 1.47. The molecule has 4 aliphatic heterocycles. The van der Waals surface area contributed by atoms with Gasteiger partial charge in [-0.15, -0.1) is 0 Å². The molecular formula is C47H64N4O12. The largest absolute Gasteiger partial charge is 0.507 e. The van der Waals surface area contributed by atoms with Crippen LogP contribution in [0.2, 0.25) is 0 Å². The second kappa shape index (κ2) is 19.3. The quantitative estimate of drug-likeness (QED) is 0.0926. The Morgan fingerprint density at radius 1 is 0.921 bits per heavy atom. The molecule has 0 spiro atoms. The summed E-state index contributed by atoms with van der Waals surface area (Å²) in [5.74, 6) is -8.28. The first-order chi connectivity index (χ1) is 29.8. The molecule has 16 heteroatoms. The molecule has 0 aromatic heterocycles. The molecule has 1 saturated carbocycles. The number of amides is 1. The van der Waals surface area contributed by atoms with Gasteiger partial charge in [-0.05, 0) is 32.8 Å². The lowest BCUT2D eigenvalue weighted by Crippen LogP contribution is -2.47. The number of methoxy groups -OCH3 is 1. The lowest BCUT2D eigenvalue weighted by molar-refractivity contribution is -0.160. The molecule has 1 saturated heterocycles. The Bertz CT molecular complexity index is 2190. The predicted octanol–water partition coefficient (Wildman–Crippen LogP) is 5.65. The fourth-order valence-corrected chi connectivity index (χ4v) is 9.47. The third-order valence-corrected chi connectivity index (χ3v) is 13.5. The maximum absolute atomic E-state index is 14.5. The first-order valence-electron chi connectivity index (χ1n) is 21.9. The van der Waals surface area contributed by atoms with Crippen LogP contribution in [0, 0.1) is 30.6 Å². The average Bonchev–Trinajstić information content (AvgIpc) is 3.89. The number of phenolic OH excluding ortho intramolecular Hbond substituents is 3. The van der Waals surface area contributed by atoms with Gasteiger partial charge in [-0.3, -0.25) is 24.3 Å². The van der Waals surface area contributed by atoms with Gasteiger partial charge in [-0.25, -0.2) is 0 Å². The molecule has 1 aliphatic carbocycles. The molecule has 2 fully saturated rings. The number of fused-ring (bicyclic) bond motifs is 14. The highest BCUT2D eigenvalue weighted by atomic mass is 16.7. The van der Waals surface area contributed by atoms with E-state index >= 15 is 0 Å². The number of carbonyl (C=O) groups excluding carboxylic acids is 3. The number of hydrazone groups is 1. The van der Waals surface area contributed by atoms with E-state index in [0.29, 0.717) is 19.1 Å². The van der Waals surface area contributed by atoms with Gasteiger partial charge >= 0.3 is 11.8 Å². The highest BCUT2D eigenvalue weighted by Gasteiger charge is 2.50. The number of hydrogen-bond acceptors (Lipinski definition) is 15. The van der Waals surface area contributed by atoms with Gasteiger partial charge in [0.2, 0.25) is 0 Å². The van der Waals surface area contributed by atoms with Gasteiger partial charge in [0.05, 0.1) is 53.0 Å². The van der Waals surface area contributed by atoms with E-state index in [9.17, 15) is 39.9 Å². The van der Waals surface area contributed by atoms with Crippen molar-refractivity contribution < 1.29 is 58.9 Å². The van der Waals surface area contributed by atoms with Crippen LogP contribution < -0.4 is 10.1 Å². The molecule has 16 nitrogen and oxygen atoms in total. The van der Waals surface area contributed by atoms with E-state index in [-0.39, 0.29) is 44.5 Å². The van der Waals surface area contributed by atoms with Crippen molar-refractivity contribution in [2.24, 2.45) is 28.8 Å². The molecule has 7 rings (SSSR count). The minimum absolute atomic E-state index is 0.0631. The topological polar surface area (TPSA) is 220 Å². The summed E-state index contributed by atoms with van der Waals surface area (Å²) in [6.45, 7) is 15.4. The molecule has 2 aromatic rings. The molecule has 2 aromatic carbocycles.